The predicted octanol–water partition coefficient (Wildman–Crippen LogP) is 7.60. The van der Waals surface area contributed by atoms with Crippen molar-refractivity contribution < 1.29 is 19.1 Å². The molecule has 0 radical (unpaired) electrons. The molecular formula is C29H44N2O4. The smallest absolute Gasteiger partial charge is 0.332 e. The minimum absolute atomic E-state index is 0.236. The van der Waals surface area contributed by atoms with Crippen LogP contribution < -0.4 is 4.74 Å². The third-order valence-corrected chi connectivity index (χ3v) is 6.24. The lowest BCUT2D eigenvalue weighted by molar-refractivity contribution is -0.145. The van der Waals surface area contributed by atoms with Gasteiger partial charge in [-0.15, -0.1) is 5.26 Å². The number of nitrogens with zero attached hydrogens (tertiary/aromatic N) is 2. The van der Waals surface area contributed by atoms with Crippen molar-refractivity contribution in [3.05, 3.63) is 29.8 Å². The van der Waals surface area contributed by atoms with Crippen molar-refractivity contribution in [2.45, 2.75) is 122 Å². The Balaban J connectivity index is 2.02. The summed E-state index contributed by atoms with van der Waals surface area (Å²) in [7, 11) is 0. The standard InChI is InChI=1S/C29H44N2O4/c1-2-3-4-5-6-7-8-9-10-11-12-13-14-15-16-17-22-34-29(33)28(31-25-32)23-26-18-20-27(21-19-26)35-24-30/h18-21,28H,2-17,22-23H2,1H3. The van der Waals surface area contributed by atoms with Gasteiger partial charge in [0.1, 0.15) is 5.75 Å². The van der Waals surface area contributed by atoms with Crippen LogP contribution in [-0.4, -0.2) is 24.7 Å². The van der Waals surface area contributed by atoms with Crippen molar-refractivity contribution in [3.8, 4) is 12.0 Å². The number of hydrogen-bond donors (Lipinski definition) is 0. The van der Waals surface area contributed by atoms with Gasteiger partial charge in [-0.2, -0.15) is 4.99 Å². The Hall–Kier alpha value is -2.64. The Bertz CT molecular complexity index is 751. The van der Waals surface area contributed by atoms with Crippen LogP contribution in [-0.2, 0) is 20.7 Å². The number of aliphatic imine (C=N–C) groups is 1. The summed E-state index contributed by atoms with van der Waals surface area (Å²) < 4.78 is 10.1. The third kappa shape index (κ3) is 16.6. The highest BCUT2D eigenvalue weighted by molar-refractivity contribution is 5.77. The molecule has 6 heteroatoms. The van der Waals surface area contributed by atoms with E-state index in [1.165, 1.54) is 89.6 Å². The van der Waals surface area contributed by atoms with Crippen molar-refractivity contribution in [1.82, 2.24) is 0 Å². The second-order valence-corrected chi connectivity index (χ2v) is 9.25. The van der Waals surface area contributed by atoms with Crippen LogP contribution in [0.2, 0.25) is 0 Å². The maximum Gasteiger partial charge on any atom is 0.332 e. The van der Waals surface area contributed by atoms with E-state index in [1.54, 1.807) is 30.5 Å². The van der Waals surface area contributed by atoms with Gasteiger partial charge in [0.15, 0.2) is 6.04 Å². The molecule has 0 saturated heterocycles. The summed E-state index contributed by atoms with van der Waals surface area (Å²) in [4.78, 5) is 26.6. The summed E-state index contributed by atoms with van der Waals surface area (Å²) in [6, 6.07) is 5.80. The normalized spacial score (nSPS) is 11.3. The van der Waals surface area contributed by atoms with E-state index in [2.05, 4.69) is 11.9 Å². The van der Waals surface area contributed by atoms with Gasteiger partial charge < -0.3 is 9.47 Å². The minimum Gasteiger partial charge on any atom is -0.464 e. The van der Waals surface area contributed by atoms with Crippen LogP contribution in [0.1, 0.15) is 115 Å². The van der Waals surface area contributed by atoms with Gasteiger partial charge in [0.25, 0.3) is 6.26 Å². The van der Waals surface area contributed by atoms with Crippen molar-refractivity contribution in [3.63, 3.8) is 0 Å². The van der Waals surface area contributed by atoms with Crippen LogP contribution in [0.3, 0.4) is 0 Å². The summed E-state index contributed by atoms with van der Waals surface area (Å²) in [6.45, 7) is 2.61. The van der Waals surface area contributed by atoms with Crippen LogP contribution in [0, 0.1) is 11.5 Å². The molecule has 194 valence electrons. The fraction of sp³-hybridized carbons (Fsp3) is 0.690. The van der Waals surface area contributed by atoms with Crippen LogP contribution in [0.15, 0.2) is 29.3 Å². The van der Waals surface area contributed by atoms with E-state index in [9.17, 15) is 9.59 Å². The molecule has 0 fully saturated rings. The Morgan fingerprint density at radius 2 is 1.31 bits per heavy atom. The fourth-order valence-corrected chi connectivity index (χ4v) is 4.13. The number of benzene rings is 1. The van der Waals surface area contributed by atoms with Crippen molar-refractivity contribution >= 4 is 12.0 Å². The number of unbranched alkanes of at least 4 members (excludes halogenated alkanes) is 15. The Morgan fingerprint density at radius 1 is 0.829 bits per heavy atom. The van der Waals surface area contributed by atoms with Gasteiger partial charge in [-0.05, 0) is 24.1 Å². The fourth-order valence-electron chi connectivity index (χ4n) is 4.13. The van der Waals surface area contributed by atoms with Gasteiger partial charge in [0.2, 0.25) is 6.08 Å². The summed E-state index contributed by atoms with van der Waals surface area (Å²) in [5.41, 5.74) is 0.790. The molecule has 0 N–H and O–H groups in total. The minimum atomic E-state index is -0.906. The molecule has 1 unspecified atom stereocenters. The lowest BCUT2D eigenvalue weighted by atomic mass is 10.0. The van der Waals surface area contributed by atoms with Crippen LogP contribution >= 0.6 is 0 Å². The second-order valence-electron chi connectivity index (χ2n) is 9.25. The Labute approximate surface area is 212 Å². The molecular weight excluding hydrogens is 440 g/mol. The Morgan fingerprint density at radius 3 is 1.77 bits per heavy atom. The zero-order valence-electron chi connectivity index (χ0n) is 21.6. The molecule has 0 saturated carbocycles. The summed E-state index contributed by atoms with van der Waals surface area (Å²) in [5.74, 6) is -0.0931. The Kier molecular flexibility index (Phi) is 19.0. The van der Waals surface area contributed by atoms with Crippen LogP contribution in [0.4, 0.5) is 0 Å². The van der Waals surface area contributed by atoms with Crippen molar-refractivity contribution in [2.24, 2.45) is 4.99 Å². The second kappa shape index (κ2) is 21.9. The van der Waals surface area contributed by atoms with E-state index >= 15 is 0 Å². The first kappa shape index (κ1) is 30.4. The lowest BCUT2D eigenvalue weighted by Gasteiger charge is -2.11. The molecule has 6 nitrogen and oxygen atoms in total. The molecule has 0 aliphatic rings. The SMILES string of the molecule is CCCCCCCCCCCCCCCCCCOC(=O)C(Cc1ccc(OC#N)cc1)N=C=O. The summed E-state index contributed by atoms with van der Waals surface area (Å²) in [5, 5.41) is 8.53. The highest BCUT2D eigenvalue weighted by Gasteiger charge is 2.20. The first-order valence-corrected chi connectivity index (χ1v) is 13.6. The van der Waals surface area contributed by atoms with Crippen molar-refractivity contribution in [1.29, 1.82) is 5.26 Å². The van der Waals surface area contributed by atoms with Gasteiger partial charge in [-0.1, -0.05) is 115 Å². The van der Waals surface area contributed by atoms with E-state index in [0.717, 1.165) is 24.8 Å². The molecule has 1 aromatic carbocycles. The first-order chi connectivity index (χ1) is 17.2. The quantitative estimate of drug-likeness (QED) is 0.0556. The number of carbonyl (C=O) groups excluding carboxylic acids is 2. The zero-order chi connectivity index (χ0) is 25.4. The van der Waals surface area contributed by atoms with E-state index < -0.39 is 12.0 Å². The van der Waals surface area contributed by atoms with Crippen molar-refractivity contribution in [2.75, 3.05) is 6.61 Å². The predicted molar refractivity (Wildman–Crippen MR) is 139 cm³/mol. The highest BCUT2D eigenvalue weighted by atomic mass is 16.5. The molecule has 0 aliphatic heterocycles. The number of carbonyl (C=O) groups is 1. The van der Waals surface area contributed by atoms with Gasteiger partial charge in [0.05, 0.1) is 6.61 Å². The highest BCUT2D eigenvalue weighted by Crippen LogP contribution is 2.16. The molecule has 0 amide bonds. The average Bonchev–Trinajstić information content (AvgIpc) is 2.86. The maximum atomic E-state index is 12.3. The van der Waals surface area contributed by atoms with Gasteiger partial charge in [-0.25, -0.2) is 9.59 Å². The van der Waals surface area contributed by atoms with Gasteiger partial charge in [-0.3, -0.25) is 0 Å². The van der Waals surface area contributed by atoms with Gasteiger partial charge >= 0.3 is 5.97 Å². The van der Waals surface area contributed by atoms with E-state index in [-0.39, 0.29) is 6.42 Å². The number of hydrogen-bond acceptors (Lipinski definition) is 6. The first-order valence-electron chi connectivity index (χ1n) is 13.6. The molecule has 0 bridgehead atoms. The largest absolute Gasteiger partial charge is 0.464 e. The number of nitriles is 1. The zero-order valence-corrected chi connectivity index (χ0v) is 21.6. The average molecular weight is 485 g/mol. The number of rotatable bonds is 22. The molecule has 0 spiro atoms. The molecule has 1 aromatic rings. The van der Waals surface area contributed by atoms with Crippen LogP contribution in [0.5, 0.6) is 5.75 Å². The van der Waals surface area contributed by atoms with Crippen LogP contribution in [0.25, 0.3) is 0 Å². The molecule has 35 heavy (non-hydrogen) atoms. The number of isocyanates is 1. The molecule has 0 aromatic heterocycles. The van der Waals surface area contributed by atoms with E-state index in [0.29, 0.717) is 12.4 Å². The number of esters is 1. The maximum absolute atomic E-state index is 12.3. The lowest BCUT2D eigenvalue weighted by Crippen LogP contribution is -2.24. The molecule has 0 aliphatic carbocycles. The molecule has 1 atom stereocenters. The number of ether oxygens (including phenoxy) is 2. The van der Waals surface area contributed by atoms with E-state index in [1.807, 2.05) is 0 Å². The molecule has 0 heterocycles. The van der Waals surface area contributed by atoms with E-state index in [4.69, 9.17) is 14.7 Å². The summed E-state index contributed by atoms with van der Waals surface area (Å²) in [6.07, 6.45) is 24.0. The topological polar surface area (TPSA) is 88.8 Å². The van der Waals surface area contributed by atoms with Gasteiger partial charge in [0, 0.05) is 6.42 Å². The monoisotopic (exact) mass is 484 g/mol. The summed E-state index contributed by atoms with van der Waals surface area (Å²) >= 11 is 0. The third-order valence-electron chi connectivity index (χ3n) is 6.24. The molecule has 1 rings (SSSR count).